The second kappa shape index (κ2) is 15.2. The van der Waals surface area contributed by atoms with E-state index >= 15 is 0 Å². The van der Waals surface area contributed by atoms with Crippen molar-refractivity contribution in [2.45, 2.75) is 45.7 Å². The highest BCUT2D eigenvalue weighted by Crippen LogP contribution is 2.24. The number of halogens is 1. The minimum Gasteiger partial charge on any atom is -0.497 e. The van der Waals surface area contributed by atoms with Crippen molar-refractivity contribution < 1.29 is 14.3 Å². The maximum atomic E-state index is 11.9. The standard InChI is InChI=1S/C23H39N5O3.HI/c1-6-27(7-2)21(18-10-9-11-20(16-18)30-5)17-25-22(24-4)26-19-12-14-28(15-13-19)23(29)31-8-3;/h9-11,16,19,21H,6-8,12-15,17H2,1-5H3,(H2,24,25,26);1H. The Hall–Kier alpha value is -1.75. The third kappa shape index (κ3) is 8.31. The molecule has 1 heterocycles. The molecule has 0 radical (unpaired) electrons. The number of aliphatic imine (C=N–C) groups is 1. The number of nitrogens with one attached hydrogen (secondary N) is 2. The number of methoxy groups -OCH3 is 1. The first-order valence-electron chi connectivity index (χ1n) is 11.3. The van der Waals surface area contributed by atoms with Crippen molar-refractivity contribution in [1.82, 2.24) is 20.4 Å². The van der Waals surface area contributed by atoms with E-state index < -0.39 is 0 Å². The lowest BCUT2D eigenvalue weighted by Crippen LogP contribution is -2.51. The van der Waals surface area contributed by atoms with Crippen LogP contribution in [0.1, 0.15) is 45.2 Å². The molecule has 1 fully saturated rings. The SMILES string of the molecule is CCOC(=O)N1CCC(NC(=NC)NCC(c2cccc(OC)c2)N(CC)CC)CC1.I. The van der Waals surface area contributed by atoms with E-state index in [4.69, 9.17) is 9.47 Å². The van der Waals surface area contributed by atoms with E-state index in [1.165, 1.54) is 5.56 Å². The molecule has 1 unspecified atom stereocenters. The van der Waals surface area contributed by atoms with Crippen molar-refractivity contribution >= 4 is 36.0 Å². The van der Waals surface area contributed by atoms with Gasteiger partial charge in [-0.1, -0.05) is 26.0 Å². The summed E-state index contributed by atoms with van der Waals surface area (Å²) in [7, 11) is 3.49. The third-order valence-electron chi connectivity index (χ3n) is 5.78. The molecule has 0 aliphatic carbocycles. The number of guanidine groups is 1. The van der Waals surface area contributed by atoms with Gasteiger partial charge in [-0.15, -0.1) is 24.0 Å². The molecular weight excluding hydrogens is 521 g/mol. The highest BCUT2D eigenvalue weighted by atomic mass is 127. The highest BCUT2D eigenvalue weighted by molar-refractivity contribution is 14.0. The van der Waals surface area contributed by atoms with Crippen LogP contribution in [0.2, 0.25) is 0 Å². The first kappa shape index (κ1) is 28.3. The maximum absolute atomic E-state index is 11.9. The minimum atomic E-state index is -0.219. The van der Waals surface area contributed by atoms with Gasteiger partial charge in [-0.05, 0) is 50.6 Å². The van der Waals surface area contributed by atoms with Gasteiger partial charge in [0.15, 0.2) is 5.96 Å². The highest BCUT2D eigenvalue weighted by Gasteiger charge is 2.25. The summed E-state index contributed by atoms with van der Waals surface area (Å²) in [6.07, 6.45) is 1.52. The van der Waals surface area contributed by atoms with Crippen LogP contribution >= 0.6 is 24.0 Å². The molecule has 1 atom stereocenters. The number of piperidine rings is 1. The molecule has 1 aliphatic heterocycles. The molecule has 0 aromatic heterocycles. The molecule has 8 nitrogen and oxygen atoms in total. The van der Waals surface area contributed by atoms with Gasteiger partial charge in [-0.3, -0.25) is 9.89 Å². The van der Waals surface area contributed by atoms with Crippen LogP contribution in [0.4, 0.5) is 4.79 Å². The number of hydrogen-bond donors (Lipinski definition) is 2. The topological polar surface area (TPSA) is 78.4 Å². The Bertz CT molecular complexity index is 707. The molecule has 1 aliphatic rings. The van der Waals surface area contributed by atoms with Gasteiger partial charge in [0.1, 0.15) is 5.75 Å². The summed E-state index contributed by atoms with van der Waals surface area (Å²) in [6.45, 7) is 10.6. The second-order valence-corrected chi connectivity index (χ2v) is 7.57. The lowest BCUT2D eigenvalue weighted by atomic mass is 10.0. The molecule has 1 aromatic carbocycles. The van der Waals surface area contributed by atoms with Crippen molar-refractivity contribution in [3.05, 3.63) is 29.8 Å². The van der Waals surface area contributed by atoms with Crippen LogP contribution in [0, 0.1) is 0 Å². The number of carbonyl (C=O) groups is 1. The second-order valence-electron chi connectivity index (χ2n) is 7.57. The Labute approximate surface area is 210 Å². The van der Waals surface area contributed by atoms with Gasteiger partial charge in [0.2, 0.25) is 0 Å². The number of carbonyl (C=O) groups excluding carboxylic acids is 1. The molecule has 0 bridgehead atoms. The number of hydrogen-bond acceptors (Lipinski definition) is 5. The summed E-state index contributed by atoms with van der Waals surface area (Å²) < 4.78 is 10.5. The van der Waals surface area contributed by atoms with Crippen LogP contribution in [-0.4, -0.2) is 81.4 Å². The van der Waals surface area contributed by atoms with Crippen LogP contribution in [0.5, 0.6) is 5.75 Å². The van der Waals surface area contributed by atoms with Gasteiger partial charge >= 0.3 is 6.09 Å². The Kier molecular flexibility index (Phi) is 13.4. The van der Waals surface area contributed by atoms with E-state index in [9.17, 15) is 4.79 Å². The number of ether oxygens (including phenoxy) is 2. The van der Waals surface area contributed by atoms with Gasteiger partial charge in [-0.2, -0.15) is 0 Å². The molecule has 0 saturated carbocycles. The summed E-state index contributed by atoms with van der Waals surface area (Å²) in [6, 6.07) is 8.74. The zero-order chi connectivity index (χ0) is 22.6. The smallest absolute Gasteiger partial charge is 0.409 e. The third-order valence-corrected chi connectivity index (χ3v) is 5.78. The summed E-state index contributed by atoms with van der Waals surface area (Å²) in [5, 5.41) is 7.03. The molecule has 182 valence electrons. The fourth-order valence-electron chi connectivity index (χ4n) is 3.97. The van der Waals surface area contributed by atoms with Crippen LogP contribution < -0.4 is 15.4 Å². The van der Waals surface area contributed by atoms with E-state index in [0.717, 1.165) is 44.2 Å². The average Bonchev–Trinajstić information content (AvgIpc) is 2.81. The normalized spacial score (nSPS) is 15.7. The van der Waals surface area contributed by atoms with Crippen molar-refractivity contribution in [2.24, 2.45) is 4.99 Å². The molecule has 1 saturated heterocycles. The summed E-state index contributed by atoms with van der Waals surface area (Å²) in [4.78, 5) is 20.5. The van der Waals surface area contributed by atoms with Crippen LogP contribution in [-0.2, 0) is 4.74 Å². The van der Waals surface area contributed by atoms with E-state index in [0.29, 0.717) is 19.7 Å². The van der Waals surface area contributed by atoms with Crippen molar-refractivity contribution in [1.29, 1.82) is 0 Å². The number of likely N-dealkylation sites (tertiary alicyclic amines) is 1. The number of nitrogens with zero attached hydrogens (tertiary/aromatic N) is 3. The fourth-order valence-corrected chi connectivity index (χ4v) is 3.97. The Balaban J connectivity index is 0.00000512. The van der Waals surface area contributed by atoms with Crippen LogP contribution in [0.15, 0.2) is 29.3 Å². The van der Waals surface area contributed by atoms with Crippen molar-refractivity contribution in [2.75, 3.05) is 53.5 Å². The Morgan fingerprint density at radius 1 is 1.25 bits per heavy atom. The molecule has 1 aromatic rings. The Morgan fingerprint density at radius 3 is 2.50 bits per heavy atom. The van der Waals surface area contributed by atoms with E-state index in [1.54, 1.807) is 19.1 Å². The minimum absolute atomic E-state index is 0. The molecule has 0 spiro atoms. The van der Waals surface area contributed by atoms with Gasteiger partial charge in [0.05, 0.1) is 19.8 Å². The average molecular weight is 562 g/mol. The molecule has 9 heteroatoms. The van der Waals surface area contributed by atoms with Gasteiger partial charge < -0.3 is 25.0 Å². The predicted octanol–water partition coefficient (Wildman–Crippen LogP) is 3.48. The van der Waals surface area contributed by atoms with Gasteiger partial charge in [0, 0.05) is 32.7 Å². The monoisotopic (exact) mass is 561 g/mol. The Morgan fingerprint density at radius 2 is 1.94 bits per heavy atom. The van der Waals surface area contributed by atoms with Gasteiger partial charge in [-0.25, -0.2) is 4.79 Å². The summed E-state index contributed by atoms with van der Waals surface area (Å²) in [5.41, 5.74) is 1.22. The molecular formula is C23H40IN5O3. The zero-order valence-electron chi connectivity index (χ0n) is 20.1. The lowest BCUT2D eigenvalue weighted by molar-refractivity contribution is 0.0963. The first-order chi connectivity index (χ1) is 15.1. The lowest BCUT2D eigenvalue weighted by Gasteiger charge is -2.33. The number of rotatable bonds is 9. The number of likely N-dealkylation sites (N-methyl/N-ethyl adjacent to an activating group) is 1. The maximum Gasteiger partial charge on any atom is 0.409 e. The van der Waals surface area contributed by atoms with Crippen LogP contribution in [0.3, 0.4) is 0 Å². The molecule has 1 amide bonds. The number of amides is 1. The van der Waals surface area contributed by atoms with Crippen molar-refractivity contribution in [3.8, 4) is 5.75 Å². The summed E-state index contributed by atoms with van der Waals surface area (Å²) >= 11 is 0. The van der Waals surface area contributed by atoms with Crippen LogP contribution in [0.25, 0.3) is 0 Å². The first-order valence-corrected chi connectivity index (χ1v) is 11.3. The predicted molar refractivity (Wildman–Crippen MR) is 140 cm³/mol. The van der Waals surface area contributed by atoms with Crippen molar-refractivity contribution in [3.63, 3.8) is 0 Å². The quantitative estimate of drug-likeness (QED) is 0.273. The largest absolute Gasteiger partial charge is 0.497 e. The number of benzene rings is 1. The molecule has 2 rings (SSSR count). The van der Waals surface area contributed by atoms with E-state index in [2.05, 4.69) is 46.5 Å². The summed E-state index contributed by atoms with van der Waals surface area (Å²) in [5.74, 6) is 1.65. The van der Waals surface area contributed by atoms with E-state index in [-0.39, 0.29) is 42.2 Å². The van der Waals surface area contributed by atoms with Gasteiger partial charge in [0.25, 0.3) is 0 Å². The molecule has 32 heavy (non-hydrogen) atoms. The molecule has 2 N–H and O–H groups in total. The van der Waals surface area contributed by atoms with E-state index in [1.807, 2.05) is 19.1 Å². The zero-order valence-corrected chi connectivity index (χ0v) is 22.4. The fraction of sp³-hybridized carbons (Fsp3) is 0.652.